The van der Waals surface area contributed by atoms with Crippen molar-refractivity contribution in [3.05, 3.63) is 60.1 Å². The van der Waals surface area contributed by atoms with Crippen LogP contribution in [0.4, 0.5) is 0 Å². The summed E-state index contributed by atoms with van der Waals surface area (Å²) in [6.07, 6.45) is 9.16. The molecule has 6 nitrogen and oxygen atoms in total. The van der Waals surface area contributed by atoms with Gasteiger partial charge in [0.2, 0.25) is 5.89 Å². The highest BCUT2D eigenvalue weighted by molar-refractivity contribution is 5.69. The minimum atomic E-state index is 0.174. The lowest BCUT2D eigenvalue weighted by atomic mass is 10.2. The molecule has 0 saturated carbocycles. The normalized spacial score (nSPS) is 11.6. The fraction of sp³-hybridized carbons (Fsp3) is 0.158. The fourth-order valence-corrected chi connectivity index (χ4v) is 2.19. The lowest BCUT2D eigenvalue weighted by Crippen LogP contribution is -2.00. The number of allylic oxidation sites excluding steroid dienone is 2. The molecule has 3 aromatic rings. The largest absolute Gasteiger partial charge is 0.493 e. The van der Waals surface area contributed by atoms with E-state index >= 15 is 0 Å². The van der Waals surface area contributed by atoms with E-state index in [0.717, 1.165) is 5.56 Å². The van der Waals surface area contributed by atoms with Crippen LogP contribution in [-0.4, -0.2) is 31.0 Å². The van der Waals surface area contributed by atoms with E-state index in [-0.39, 0.29) is 6.79 Å². The van der Waals surface area contributed by atoms with Crippen molar-refractivity contribution >= 4 is 23.4 Å². The van der Waals surface area contributed by atoms with Gasteiger partial charge in [0.15, 0.2) is 29.5 Å². The third kappa shape index (κ3) is 4.24. The molecule has 1 aromatic carbocycles. The Hall–Kier alpha value is -3.12. The van der Waals surface area contributed by atoms with Gasteiger partial charge in [0, 0.05) is 19.4 Å². The van der Waals surface area contributed by atoms with Crippen LogP contribution in [0.2, 0.25) is 0 Å². The zero-order valence-corrected chi connectivity index (χ0v) is 14.0. The molecule has 0 atom stereocenters. The first-order valence-corrected chi connectivity index (χ1v) is 7.66. The molecule has 0 bridgehead atoms. The molecule has 6 heteroatoms. The van der Waals surface area contributed by atoms with Crippen LogP contribution >= 0.6 is 0 Å². The predicted molar refractivity (Wildman–Crippen MR) is 95.4 cm³/mol. The van der Waals surface area contributed by atoms with Crippen molar-refractivity contribution in [1.82, 2.24) is 9.97 Å². The molecule has 0 N–H and O–H groups in total. The number of rotatable bonds is 7. The van der Waals surface area contributed by atoms with Gasteiger partial charge in [0.05, 0.1) is 7.11 Å². The molecule has 0 aliphatic carbocycles. The molecule has 0 radical (unpaired) electrons. The summed E-state index contributed by atoms with van der Waals surface area (Å²) in [6, 6.07) is 9.31. The number of ether oxygens (including phenoxy) is 3. The Morgan fingerprint density at radius 2 is 1.96 bits per heavy atom. The maximum absolute atomic E-state index is 5.57. The highest BCUT2D eigenvalue weighted by Crippen LogP contribution is 2.28. The van der Waals surface area contributed by atoms with Crippen LogP contribution in [0, 0.1) is 0 Å². The summed E-state index contributed by atoms with van der Waals surface area (Å²) in [6.45, 7) is 0.174. The van der Waals surface area contributed by atoms with Gasteiger partial charge in [-0.15, -0.1) is 0 Å². The van der Waals surface area contributed by atoms with Crippen LogP contribution in [0.15, 0.2) is 53.1 Å². The number of hydrogen-bond donors (Lipinski definition) is 0. The lowest BCUT2D eigenvalue weighted by Gasteiger charge is -2.10. The van der Waals surface area contributed by atoms with E-state index in [0.29, 0.717) is 28.6 Å². The molecule has 25 heavy (non-hydrogen) atoms. The molecule has 0 aliphatic heterocycles. The minimum absolute atomic E-state index is 0.174. The molecule has 0 saturated heterocycles. The van der Waals surface area contributed by atoms with Gasteiger partial charge >= 0.3 is 0 Å². The maximum Gasteiger partial charge on any atom is 0.221 e. The Morgan fingerprint density at radius 1 is 1.08 bits per heavy atom. The molecule has 128 valence electrons. The number of nitrogens with zero attached hydrogens (tertiary/aromatic N) is 2. The first kappa shape index (κ1) is 16.7. The number of methoxy groups -OCH3 is 2. The molecular weight excluding hydrogens is 320 g/mol. The summed E-state index contributed by atoms with van der Waals surface area (Å²) in [7, 11) is 3.17. The molecule has 0 spiro atoms. The number of fused-ring (bicyclic) bond motifs is 1. The Morgan fingerprint density at radius 3 is 2.76 bits per heavy atom. The van der Waals surface area contributed by atoms with Crippen LogP contribution < -0.4 is 9.47 Å². The van der Waals surface area contributed by atoms with Crippen LogP contribution in [0.3, 0.4) is 0 Å². The Bertz CT molecular complexity index is 866. The summed E-state index contributed by atoms with van der Waals surface area (Å²) in [5, 5.41) is 0. The van der Waals surface area contributed by atoms with Gasteiger partial charge in [0.1, 0.15) is 0 Å². The standard InChI is InChI=1S/C19H18N2O4/c1-22-13-24-15-10-9-14(12-17(15)23-2)6-3-4-8-18-21-19-16(25-18)7-5-11-20-19/h3-12H,13H2,1-2H3/b6-3+,8-4+. The first-order chi connectivity index (χ1) is 12.3. The van der Waals surface area contributed by atoms with Gasteiger partial charge in [-0.3, -0.25) is 0 Å². The average Bonchev–Trinajstić information content (AvgIpc) is 3.06. The summed E-state index contributed by atoms with van der Waals surface area (Å²) in [5.74, 6) is 1.79. The molecule has 0 fully saturated rings. The number of pyridine rings is 1. The number of oxazole rings is 1. The van der Waals surface area contributed by atoms with E-state index in [9.17, 15) is 0 Å². The second-order valence-electron chi connectivity index (χ2n) is 5.06. The van der Waals surface area contributed by atoms with Crippen molar-refractivity contribution in [2.24, 2.45) is 0 Å². The molecule has 0 amide bonds. The van der Waals surface area contributed by atoms with Crippen LogP contribution in [0.25, 0.3) is 23.4 Å². The molecule has 2 heterocycles. The third-order valence-electron chi connectivity index (χ3n) is 3.34. The van der Waals surface area contributed by atoms with E-state index in [1.165, 1.54) is 0 Å². The quantitative estimate of drug-likeness (QED) is 0.480. The molecule has 0 unspecified atom stereocenters. The van der Waals surface area contributed by atoms with Gasteiger partial charge in [-0.05, 0) is 29.8 Å². The van der Waals surface area contributed by atoms with Gasteiger partial charge in [-0.25, -0.2) is 4.98 Å². The van der Waals surface area contributed by atoms with Crippen LogP contribution in [0.5, 0.6) is 11.5 Å². The van der Waals surface area contributed by atoms with E-state index in [4.69, 9.17) is 18.6 Å². The van der Waals surface area contributed by atoms with E-state index in [1.807, 2.05) is 48.6 Å². The van der Waals surface area contributed by atoms with E-state index in [2.05, 4.69) is 9.97 Å². The highest BCUT2D eigenvalue weighted by Gasteiger charge is 2.04. The Kier molecular flexibility index (Phi) is 5.43. The third-order valence-corrected chi connectivity index (χ3v) is 3.34. The average molecular weight is 338 g/mol. The van der Waals surface area contributed by atoms with Crippen molar-refractivity contribution in [2.45, 2.75) is 0 Å². The van der Waals surface area contributed by atoms with Gasteiger partial charge in [0.25, 0.3) is 0 Å². The predicted octanol–water partition coefficient (Wildman–Crippen LogP) is 3.94. The zero-order chi connectivity index (χ0) is 17.5. The smallest absolute Gasteiger partial charge is 0.221 e. The molecular formula is C19H18N2O4. The molecule has 0 aliphatic rings. The number of benzene rings is 1. The number of hydrogen-bond acceptors (Lipinski definition) is 6. The van der Waals surface area contributed by atoms with Crippen molar-refractivity contribution in [2.75, 3.05) is 21.0 Å². The summed E-state index contributed by atoms with van der Waals surface area (Å²) in [5.41, 5.74) is 2.25. The highest BCUT2D eigenvalue weighted by atomic mass is 16.7. The van der Waals surface area contributed by atoms with E-state index in [1.54, 1.807) is 26.5 Å². The van der Waals surface area contributed by atoms with E-state index < -0.39 is 0 Å². The van der Waals surface area contributed by atoms with Crippen molar-refractivity contribution in [3.8, 4) is 11.5 Å². The lowest BCUT2D eigenvalue weighted by molar-refractivity contribution is 0.0491. The van der Waals surface area contributed by atoms with Gasteiger partial charge in [-0.2, -0.15) is 4.98 Å². The minimum Gasteiger partial charge on any atom is -0.493 e. The van der Waals surface area contributed by atoms with Crippen LogP contribution in [0.1, 0.15) is 11.5 Å². The first-order valence-electron chi connectivity index (χ1n) is 7.66. The molecule has 2 aromatic heterocycles. The van der Waals surface area contributed by atoms with Crippen molar-refractivity contribution in [1.29, 1.82) is 0 Å². The zero-order valence-electron chi connectivity index (χ0n) is 14.0. The van der Waals surface area contributed by atoms with Gasteiger partial charge < -0.3 is 18.6 Å². The second-order valence-corrected chi connectivity index (χ2v) is 5.06. The summed E-state index contributed by atoms with van der Waals surface area (Å²) in [4.78, 5) is 8.41. The van der Waals surface area contributed by atoms with Crippen LogP contribution in [-0.2, 0) is 4.74 Å². The Labute approximate surface area is 145 Å². The van der Waals surface area contributed by atoms with Gasteiger partial charge in [-0.1, -0.05) is 24.3 Å². The van der Waals surface area contributed by atoms with Crippen molar-refractivity contribution < 1.29 is 18.6 Å². The number of aromatic nitrogens is 2. The second kappa shape index (κ2) is 8.12. The monoisotopic (exact) mass is 338 g/mol. The summed E-state index contributed by atoms with van der Waals surface area (Å²) >= 11 is 0. The Balaban J connectivity index is 1.68. The van der Waals surface area contributed by atoms with Crippen molar-refractivity contribution in [3.63, 3.8) is 0 Å². The summed E-state index contributed by atoms with van der Waals surface area (Å²) < 4.78 is 21.2. The topological polar surface area (TPSA) is 66.6 Å². The maximum atomic E-state index is 5.57. The molecule has 3 rings (SSSR count). The fourth-order valence-electron chi connectivity index (χ4n) is 2.19. The SMILES string of the molecule is COCOc1ccc(/C=C/C=C/c2nc3ncccc3o2)cc1OC.